The van der Waals surface area contributed by atoms with Gasteiger partial charge in [0, 0.05) is 16.7 Å². The number of rotatable bonds is 6. The number of hydrogen-bond donors (Lipinski definition) is 2. The Morgan fingerprint density at radius 1 is 1.43 bits per heavy atom. The Morgan fingerprint density at radius 3 is 2.57 bits per heavy atom. The number of halogens is 1. The Bertz CT molecular complexity index is 507. The van der Waals surface area contributed by atoms with E-state index in [1.807, 2.05) is 32.0 Å². The van der Waals surface area contributed by atoms with Crippen LogP contribution < -0.4 is 5.73 Å². The summed E-state index contributed by atoms with van der Waals surface area (Å²) in [6.45, 7) is 9.13. The summed E-state index contributed by atoms with van der Waals surface area (Å²) < 4.78 is 5.02. The molecular formula is C16H24ClNO3. The Morgan fingerprint density at radius 2 is 2.05 bits per heavy atom. The summed E-state index contributed by atoms with van der Waals surface area (Å²) in [6, 6.07) is 5.55. The Kier molecular flexibility index (Phi) is 7.47. The summed E-state index contributed by atoms with van der Waals surface area (Å²) in [6.07, 6.45) is 1.26. The minimum Gasteiger partial charge on any atom is -0.507 e. The van der Waals surface area contributed by atoms with E-state index in [2.05, 4.69) is 6.58 Å². The number of carbonyl (C=O) groups is 1. The molecule has 0 aliphatic carbocycles. The van der Waals surface area contributed by atoms with E-state index in [4.69, 9.17) is 10.5 Å². The lowest BCUT2D eigenvalue weighted by atomic mass is 9.92. The van der Waals surface area contributed by atoms with Crippen molar-refractivity contribution in [1.29, 1.82) is 0 Å². The highest BCUT2D eigenvalue weighted by molar-refractivity contribution is 5.86. The molecule has 21 heavy (non-hydrogen) atoms. The van der Waals surface area contributed by atoms with E-state index in [0.717, 1.165) is 5.56 Å². The molecule has 0 atom stereocenters. The monoisotopic (exact) mass is 313 g/mol. The molecule has 0 heterocycles. The van der Waals surface area contributed by atoms with Crippen LogP contribution in [0.15, 0.2) is 30.4 Å². The average molecular weight is 314 g/mol. The molecule has 0 radical (unpaired) electrons. The quantitative estimate of drug-likeness (QED) is 0.481. The fourth-order valence-electron chi connectivity index (χ4n) is 1.86. The maximum Gasteiger partial charge on any atom is 0.333 e. The first-order valence-electron chi connectivity index (χ1n) is 6.66. The zero-order chi connectivity index (χ0) is 15.3. The molecule has 0 fully saturated rings. The summed E-state index contributed by atoms with van der Waals surface area (Å²) >= 11 is 0. The van der Waals surface area contributed by atoms with E-state index in [0.29, 0.717) is 30.6 Å². The van der Waals surface area contributed by atoms with Gasteiger partial charge in [0.05, 0.1) is 6.61 Å². The smallest absolute Gasteiger partial charge is 0.333 e. The summed E-state index contributed by atoms with van der Waals surface area (Å²) in [5, 5.41) is 10.2. The van der Waals surface area contributed by atoms with Crippen molar-refractivity contribution in [1.82, 2.24) is 0 Å². The van der Waals surface area contributed by atoms with E-state index in [1.54, 1.807) is 6.92 Å². The van der Waals surface area contributed by atoms with Crippen molar-refractivity contribution in [3.8, 4) is 5.75 Å². The van der Waals surface area contributed by atoms with Crippen LogP contribution >= 0.6 is 12.4 Å². The van der Waals surface area contributed by atoms with E-state index in [-0.39, 0.29) is 24.1 Å². The van der Waals surface area contributed by atoms with Crippen LogP contribution in [-0.4, -0.2) is 17.7 Å². The molecule has 0 saturated heterocycles. The molecule has 5 heteroatoms. The van der Waals surface area contributed by atoms with Crippen molar-refractivity contribution in [3.05, 3.63) is 41.5 Å². The largest absolute Gasteiger partial charge is 0.507 e. The summed E-state index contributed by atoms with van der Waals surface area (Å²) in [7, 11) is 0. The highest BCUT2D eigenvalue weighted by atomic mass is 35.5. The molecule has 0 amide bonds. The topological polar surface area (TPSA) is 72.5 Å². The van der Waals surface area contributed by atoms with Crippen LogP contribution in [0.5, 0.6) is 5.75 Å². The van der Waals surface area contributed by atoms with E-state index in [9.17, 15) is 9.90 Å². The maximum absolute atomic E-state index is 11.2. The van der Waals surface area contributed by atoms with Gasteiger partial charge in [-0.15, -0.1) is 12.4 Å². The van der Waals surface area contributed by atoms with Gasteiger partial charge in [-0.3, -0.25) is 0 Å². The number of benzene rings is 1. The van der Waals surface area contributed by atoms with Crippen molar-refractivity contribution in [2.24, 2.45) is 5.73 Å². The van der Waals surface area contributed by atoms with Crippen molar-refractivity contribution in [2.75, 3.05) is 6.61 Å². The number of esters is 1. The number of phenols is 1. The van der Waals surface area contributed by atoms with Crippen LogP contribution in [0.25, 0.3) is 0 Å². The third-order valence-corrected chi connectivity index (χ3v) is 2.99. The van der Waals surface area contributed by atoms with Crippen LogP contribution in [0.2, 0.25) is 0 Å². The zero-order valence-electron chi connectivity index (χ0n) is 12.8. The molecule has 1 aromatic carbocycles. The first-order chi connectivity index (χ1) is 9.23. The SMILES string of the molecule is C=C(C)C(=O)OCCCc1cccc(C(C)(C)N)c1O.Cl. The molecule has 0 unspecified atom stereocenters. The van der Waals surface area contributed by atoms with Gasteiger partial charge in [0.2, 0.25) is 0 Å². The number of ether oxygens (including phenoxy) is 1. The number of phenolic OH excluding ortho intramolecular Hbond substituents is 1. The minimum atomic E-state index is -0.591. The normalized spacial score (nSPS) is 10.7. The molecule has 1 aromatic rings. The molecule has 0 aromatic heterocycles. The molecule has 0 aliphatic rings. The Labute approximate surface area is 132 Å². The van der Waals surface area contributed by atoms with Gasteiger partial charge in [-0.1, -0.05) is 24.8 Å². The van der Waals surface area contributed by atoms with Crippen molar-refractivity contribution in [2.45, 2.75) is 39.2 Å². The minimum absolute atomic E-state index is 0. The lowest BCUT2D eigenvalue weighted by Crippen LogP contribution is -2.28. The molecule has 0 saturated carbocycles. The van der Waals surface area contributed by atoms with Gasteiger partial charge in [-0.2, -0.15) is 0 Å². The van der Waals surface area contributed by atoms with Crippen LogP contribution in [0, 0.1) is 0 Å². The standard InChI is InChI=1S/C16H23NO3.ClH/c1-11(2)15(19)20-10-6-8-12-7-5-9-13(14(12)18)16(3,4)17;/h5,7,9,18H,1,6,8,10,17H2,2-4H3;1H. The van der Waals surface area contributed by atoms with Gasteiger partial charge in [-0.25, -0.2) is 4.79 Å². The van der Waals surface area contributed by atoms with Crippen LogP contribution in [0.3, 0.4) is 0 Å². The second-order valence-corrected chi connectivity index (χ2v) is 5.55. The van der Waals surface area contributed by atoms with E-state index in [1.165, 1.54) is 0 Å². The predicted molar refractivity (Wildman–Crippen MR) is 86.7 cm³/mol. The van der Waals surface area contributed by atoms with Gasteiger partial charge in [0.25, 0.3) is 0 Å². The third kappa shape index (κ3) is 5.78. The second-order valence-electron chi connectivity index (χ2n) is 5.55. The van der Waals surface area contributed by atoms with Crippen LogP contribution in [0.1, 0.15) is 38.3 Å². The number of aromatic hydroxyl groups is 1. The first kappa shape index (κ1) is 19.5. The van der Waals surface area contributed by atoms with Gasteiger partial charge in [0.1, 0.15) is 5.75 Å². The van der Waals surface area contributed by atoms with Gasteiger partial charge in [0.15, 0.2) is 0 Å². The highest BCUT2D eigenvalue weighted by Gasteiger charge is 2.19. The third-order valence-electron chi connectivity index (χ3n) is 2.99. The van der Waals surface area contributed by atoms with Crippen molar-refractivity contribution >= 4 is 18.4 Å². The van der Waals surface area contributed by atoms with E-state index < -0.39 is 5.54 Å². The molecule has 3 N–H and O–H groups in total. The van der Waals surface area contributed by atoms with Crippen LogP contribution in [0.4, 0.5) is 0 Å². The molecule has 0 spiro atoms. The summed E-state index contributed by atoms with van der Waals surface area (Å²) in [4.78, 5) is 11.2. The first-order valence-corrected chi connectivity index (χ1v) is 6.66. The second kappa shape index (κ2) is 8.05. The zero-order valence-corrected chi connectivity index (χ0v) is 13.6. The van der Waals surface area contributed by atoms with E-state index >= 15 is 0 Å². The Hall–Kier alpha value is -1.52. The van der Waals surface area contributed by atoms with Crippen molar-refractivity contribution in [3.63, 3.8) is 0 Å². The fraction of sp³-hybridized carbons (Fsp3) is 0.438. The maximum atomic E-state index is 11.2. The van der Waals surface area contributed by atoms with Crippen LogP contribution in [-0.2, 0) is 21.5 Å². The van der Waals surface area contributed by atoms with Crippen molar-refractivity contribution < 1.29 is 14.6 Å². The molecule has 118 valence electrons. The lowest BCUT2D eigenvalue weighted by Gasteiger charge is -2.21. The molecular weight excluding hydrogens is 290 g/mol. The van der Waals surface area contributed by atoms with Gasteiger partial charge < -0.3 is 15.6 Å². The number of hydrogen-bond acceptors (Lipinski definition) is 4. The number of carbonyl (C=O) groups excluding carboxylic acids is 1. The average Bonchev–Trinajstić information content (AvgIpc) is 2.34. The fourth-order valence-corrected chi connectivity index (χ4v) is 1.86. The van der Waals surface area contributed by atoms with Gasteiger partial charge >= 0.3 is 5.97 Å². The summed E-state index contributed by atoms with van der Waals surface area (Å²) in [5.41, 5.74) is 7.34. The Balaban J connectivity index is 0.00000400. The molecule has 0 bridgehead atoms. The molecule has 4 nitrogen and oxygen atoms in total. The number of para-hydroxylation sites is 1. The molecule has 1 rings (SSSR count). The van der Waals surface area contributed by atoms with Gasteiger partial charge in [-0.05, 0) is 39.2 Å². The lowest BCUT2D eigenvalue weighted by molar-refractivity contribution is -0.139. The summed E-state index contributed by atoms with van der Waals surface area (Å²) in [5.74, 6) is -0.155. The molecule has 0 aliphatic heterocycles. The highest BCUT2D eigenvalue weighted by Crippen LogP contribution is 2.30. The predicted octanol–water partition coefficient (Wildman–Crippen LogP) is 3.06. The number of aryl methyl sites for hydroxylation is 1. The number of nitrogens with two attached hydrogens (primary N) is 1.